The van der Waals surface area contributed by atoms with Gasteiger partial charge in [-0.25, -0.2) is 18.4 Å². The molecule has 4 aromatic rings. The number of hydrogen-bond acceptors (Lipinski definition) is 9. The van der Waals surface area contributed by atoms with Crippen LogP contribution in [0.4, 0.5) is 11.6 Å². The first-order valence-electron chi connectivity index (χ1n) is 11.2. The molecule has 5 rings (SSSR count). The molecule has 0 radical (unpaired) electrons. The van der Waals surface area contributed by atoms with Gasteiger partial charge in [0, 0.05) is 29.2 Å². The lowest BCUT2D eigenvalue weighted by atomic mass is 10.1. The topological polar surface area (TPSA) is 138 Å². The zero-order valence-electron chi connectivity index (χ0n) is 19.2. The Morgan fingerprint density at radius 1 is 0.889 bits per heavy atom. The fourth-order valence-corrected chi connectivity index (χ4v) is 5.62. The van der Waals surface area contributed by atoms with Crippen LogP contribution in [0.3, 0.4) is 0 Å². The predicted molar refractivity (Wildman–Crippen MR) is 141 cm³/mol. The van der Waals surface area contributed by atoms with Gasteiger partial charge in [0.2, 0.25) is 11.8 Å². The highest BCUT2D eigenvalue weighted by Gasteiger charge is 2.28. The highest BCUT2D eigenvalue weighted by molar-refractivity contribution is 7.92. The summed E-state index contributed by atoms with van der Waals surface area (Å²) in [5.41, 5.74) is 3.46. The monoisotopic (exact) mass is 524 g/mol. The molecule has 0 saturated carbocycles. The van der Waals surface area contributed by atoms with E-state index in [1.165, 1.54) is 0 Å². The Labute approximate surface area is 215 Å². The molecule has 0 bridgehead atoms. The molecule has 1 aliphatic heterocycles. The van der Waals surface area contributed by atoms with Crippen LogP contribution in [0.1, 0.15) is 24.0 Å². The summed E-state index contributed by atoms with van der Waals surface area (Å²) in [7, 11) is -3.32. The van der Waals surface area contributed by atoms with Crippen molar-refractivity contribution in [2.45, 2.75) is 23.0 Å². The van der Waals surface area contributed by atoms with E-state index < -0.39 is 9.84 Å². The van der Waals surface area contributed by atoms with Crippen LogP contribution in [-0.4, -0.2) is 57.3 Å². The third-order valence-corrected chi connectivity index (χ3v) is 8.10. The first-order chi connectivity index (χ1) is 17.1. The van der Waals surface area contributed by atoms with Crippen LogP contribution in [0.15, 0.2) is 65.8 Å². The lowest BCUT2D eigenvalue weighted by Gasteiger charge is -2.22. The lowest BCUT2D eigenvalue weighted by molar-refractivity contribution is 0.496. The molecule has 1 saturated heterocycles. The third kappa shape index (κ3) is 5.93. The van der Waals surface area contributed by atoms with Gasteiger partial charge >= 0.3 is 0 Å². The summed E-state index contributed by atoms with van der Waals surface area (Å²) in [5.74, 6) is 0.982. The number of H-pyrrole nitrogens is 1. The van der Waals surface area contributed by atoms with Gasteiger partial charge in [0.05, 0.1) is 10.1 Å². The number of piperidine rings is 1. The van der Waals surface area contributed by atoms with Crippen molar-refractivity contribution in [1.29, 1.82) is 0 Å². The Morgan fingerprint density at radius 2 is 1.56 bits per heavy atom. The van der Waals surface area contributed by atoms with Crippen molar-refractivity contribution in [2.75, 3.05) is 18.4 Å². The second-order valence-corrected chi connectivity index (χ2v) is 10.4. The van der Waals surface area contributed by atoms with Crippen molar-refractivity contribution in [3.63, 3.8) is 0 Å². The maximum absolute atomic E-state index is 12.8. The summed E-state index contributed by atoms with van der Waals surface area (Å²) < 4.78 is 25.7. The molecule has 186 valence electrons. The molecule has 12 heteroatoms. The number of nitrogens with zero attached hydrogens (tertiary/aromatic N) is 5. The zero-order chi connectivity index (χ0) is 24.1. The second-order valence-electron chi connectivity index (χ2n) is 8.17. The first kappa shape index (κ1) is 25.4. The van der Waals surface area contributed by atoms with Gasteiger partial charge in [0.1, 0.15) is 0 Å². The zero-order valence-corrected chi connectivity index (χ0v) is 20.8. The van der Waals surface area contributed by atoms with Gasteiger partial charge < -0.3 is 10.6 Å². The van der Waals surface area contributed by atoms with Gasteiger partial charge in [0.15, 0.2) is 9.84 Å². The van der Waals surface area contributed by atoms with Crippen LogP contribution in [0, 0.1) is 0 Å². The molecule has 0 aliphatic carbocycles. The Kier molecular flexibility index (Phi) is 8.04. The van der Waals surface area contributed by atoms with E-state index in [9.17, 15) is 8.42 Å². The normalized spacial score (nSPS) is 14.4. The van der Waals surface area contributed by atoms with Crippen molar-refractivity contribution >= 4 is 46.0 Å². The maximum atomic E-state index is 12.8. The molecule has 10 nitrogen and oxygen atoms in total. The molecular formula is C24H25ClN8O2S. The van der Waals surface area contributed by atoms with Crippen molar-refractivity contribution < 1.29 is 8.42 Å². The van der Waals surface area contributed by atoms with Gasteiger partial charge in [-0.2, -0.15) is 5.21 Å². The minimum absolute atomic E-state index is 0. The molecule has 1 fully saturated rings. The van der Waals surface area contributed by atoms with E-state index in [1.54, 1.807) is 36.7 Å². The van der Waals surface area contributed by atoms with Crippen LogP contribution in [0.2, 0.25) is 0 Å². The minimum Gasteiger partial charge on any atom is -0.324 e. The van der Waals surface area contributed by atoms with Gasteiger partial charge in [-0.1, -0.05) is 36.4 Å². The molecular weight excluding hydrogens is 500 g/mol. The molecule has 1 aliphatic rings. The predicted octanol–water partition coefficient (Wildman–Crippen LogP) is 3.52. The average Bonchev–Trinajstić information content (AvgIpc) is 3.45. The number of anilines is 2. The number of sulfone groups is 1. The fourth-order valence-electron chi connectivity index (χ4n) is 3.86. The molecule has 0 spiro atoms. The van der Waals surface area contributed by atoms with Crippen molar-refractivity contribution in [2.24, 2.45) is 0 Å². The standard InChI is InChI=1S/C24H24N8O2S.ClH/c33-35(34,22-11-13-25-14-12-22)21-9-7-20(8-10-21)28-24-26-15-18(16-27-24)2-1-17-3-5-19(6-4-17)23-29-31-32-30-23;/h1-10,15-16,22,25H,11-14H2,(H,26,27,28)(H,29,30,31,32);1H/b2-1+;. The smallest absolute Gasteiger partial charge is 0.227 e. The Hall–Kier alpha value is -3.67. The quantitative estimate of drug-likeness (QED) is 0.331. The van der Waals surface area contributed by atoms with E-state index >= 15 is 0 Å². The van der Waals surface area contributed by atoms with E-state index in [0.717, 1.165) is 35.5 Å². The van der Waals surface area contributed by atoms with Crippen molar-refractivity contribution in [1.82, 2.24) is 35.9 Å². The largest absolute Gasteiger partial charge is 0.324 e. The Morgan fingerprint density at radius 3 is 2.19 bits per heavy atom. The summed E-state index contributed by atoms with van der Waals surface area (Å²) in [6, 6.07) is 14.5. The number of aromatic amines is 1. The van der Waals surface area contributed by atoms with E-state index in [2.05, 4.69) is 41.2 Å². The van der Waals surface area contributed by atoms with Gasteiger partial charge in [-0.3, -0.25) is 0 Å². The summed E-state index contributed by atoms with van der Waals surface area (Å²) in [6.45, 7) is 1.47. The van der Waals surface area contributed by atoms with Gasteiger partial charge in [-0.05, 0) is 61.0 Å². The second kappa shape index (κ2) is 11.4. The number of aromatic nitrogens is 6. The highest BCUT2D eigenvalue weighted by atomic mass is 35.5. The van der Waals surface area contributed by atoms with Crippen LogP contribution < -0.4 is 10.6 Å². The first-order valence-corrected chi connectivity index (χ1v) is 12.8. The van der Waals surface area contributed by atoms with E-state index in [1.807, 2.05) is 36.4 Å². The Balaban J connectivity index is 0.00000304. The van der Waals surface area contributed by atoms with E-state index in [0.29, 0.717) is 29.5 Å². The van der Waals surface area contributed by atoms with Crippen molar-refractivity contribution in [3.8, 4) is 11.4 Å². The fraction of sp³-hybridized carbons (Fsp3) is 0.208. The number of halogens is 1. The number of hydrogen-bond donors (Lipinski definition) is 3. The molecule has 2 aromatic heterocycles. The molecule has 0 amide bonds. The average molecular weight is 525 g/mol. The molecule has 3 N–H and O–H groups in total. The summed E-state index contributed by atoms with van der Waals surface area (Å²) in [6.07, 6.45) is 8.61. The van der Waals surface area contributed by atoms with Gasteiger partial charge in [-0.15, -0.1) is 22.6 Å². The molecule has 0 atom stereocenters. The minimum atomic E-state index is -3.32. The number of rotatable bonds is 7. The molecule has 0 unspecified atom stereocenters. The van der Waals surface area contributed by atoms with Crippen LogP contribution in [-0.2, 0) is 9.84 Å². The number of tetrazole rings is 1. The number of nitrogens with one attached hydrogen (secondary N) is 3. The maximum Gasteiger partial charge on any atom is 0.227 e. The highest BCUT2D eigenvalue weighted by Crippen LogP contribution is 2.24. The molecule has 2 aromatic carbocycles. The van der Waals surface area contributed by atoms with E-state index in [-0.39, 0.29) is 17.7 Å². The van der Waals surface area contributed by atoms with Crippen molar-refractivity contribution in [3.05, 3.63) is 72.1 Å². The summed E-state index contributed by atoms with van der Waals surface area (Å²) >= 11 is 0. The lowest BCUT2D eigenvalue weighted by Crippen LogP contribution is -2.35. The molecule has 3 heterocycles. The summed E-state index contributed by atoms with van der Waals surface area (Å²) in [4.78, 5) is 9.06. The molecule has 36 heavy (non-hydrogen) atoms. The van der Waals surface area contributed by atoms with Crippen LogP contribution in [0.5, 0.6) is 0 Å². The summed E-state index contributed by atoms with van der Waals surface area (Å²) in [5, 5.41) is 19.9. The number of benzene rings is 2. The van der Waals surface area contributed by atoms with Crippen LogP contribution >= 0.6 is 12.4 Å². The van der Waals surface area contributed by atoms with Gasteiger partial charge in [0.25, 0.3) is 0 Å². The Bertz CT molecular complexity index is 1390. The SMILES string of the molecule is Cl.O=S(=O)(c1ccc(Nc2ncc(/C=C/c3ccc(-c4nn[nH]n4)cc3)cn2)cc1)C1CCNCC1. The third-order valence-electron chi connectivity index (χ3n) is 5.82. The van der Waals surface area contributed by atoms with Crippen LogP contribution in [0.25, 0.3) is 23.5 Å². The van der Waals surface area contributed by atoms with E-state index in [4.69, 9.17) is 0 Å².